The maximum atomic E-state index is 14.1. The summed E-state index contributed by atoms with van der Waals surface area (Å²) < 4.78 is 32.4. The molecule has 3 rings (SSSR count). The summed E-state index contributed by atoms with van der Waals surface area (Å²) in [6.07, 6.45) is 0.852. The molecule has 0 spiro atoms. The van der Waals surface area contributed by atoms with Gasteiger partial charge in [0, 0.05) is 38.9 Å². The lowest BCUT2D eigenvalue weighted by Crippen LogP contribution is -2.44. The van der Waals surface area contributed by atoms with Gasteiger partial charge in [0.25, 0.3) is 0 Å². The molecule has 1 fully saturated rings. The molecule has 0 amide bonds. The Labute approximate surface area is 170 Å². The van der Waals surface area contributed by atoms with Gasteiger partial charge in [-0.1, -0.05) is 24.3 Å². The van der Waals surface area contributed by atoms with E-state index in [0.29, 0.717) is 31.9 Å². The number of ether oxygens (including phenoxy) is 1. The molecule has 1 heterocycles. The topological polar surface area (TPSA) is 48.9 Å². The van der Waals surface area contributed by atoms with Crippen LogP contribution in [0.5, 0.6) is 0 Å². The zero-order valence-electron chi connectivity index (χ0n) is 16.9. The van der Waals surface area contributed by atoms with Crippen molar-refractivity contribution in [1.29, 1.82) is 0 Å². The number of benzene rings is 2. The quantitative estimate of drug-likeness (QED) is 0.550. The number of halogens is 2. The van der Waals surface area contributed by atoms with Gasteiger partial charge in [0.2, 0.25) is 0 Å². The summed E-state index contributed by atoms with van der Waals surface area (Å²) in [6, 6.07) is 12.0. The summed E-state index contributed by atoms with van der Waals surface area (Å²) in [7, 11) is 1.68. The van der Waals surface area contributed by atoms with Crippen molar-refractivity contribution in [2.24, 2.45) is 4.99 Å². The molecule has 7 heteroatoms. The molecule has 0 radical (unpaired) electrons. The van der Waals surface area contributed by atoms with E-state index in [1.165, 1.54) is 12.1 Å². The van der Waals surface area contributed by atoms with Crippen LogP contribution in [-0.2, 0) is 17.9 Å². The Kier molecular flexibility index (Phi) is 7.41. The second-order valence-electron chi connectivity index (χ2n) is 7.12. The van der Waals surface area contributed by atoms with Gasteiger partial charge in [-0.15, -0.1) is 0 Å². The Morgan fingerprint density at radius 1 is 1.21 bits per heavy atom. The number of anilines is 1. The van der Waals surface area contributed by atoms with Crippen molar-refractivity contribution in [3.63, 3.8) is 0 Å². The van der Waals surface area contributed by atoms with Crippen molar-refractivity contribution < 1.29 is 13.5 Å². The SMILES string of the molecule is CCNC(=NCc1cccc(COC)c1)NC1CCN(c2ccc(F)cc2F)C1. The standard InChI is InChI=1S/C22H28F2N4O/c1-3-25-22(26-13-16-5-4-6-17(11-16)15-29-2)27-19-9-10-28(14-19)21-8-7-18(23)12-20(21)24/h4-8,11-12,19H,3,9-10,13-15H2,1-2H3,(H2,25,26,27). The van der Waals surface area contributed by atoms with Gasteiger partial charge in [-0.3, -0.25) is 0 Å². The minimum Gasteiger partial charge on any atom is -0.380 e. The summed E-state index contributed by atoms with van der Waals surface area (Å²) in [6.45, 7) is 5.24. The van der Waals surface area contributed by atoms with Crippen LogP contribution in [0.2, 0.25) is 0 Å². The smallest absolute Gasteiger partial charge is 0.191 e. The lowest BCUT2D eigenvalue weighted by Gasteiger charge is -2.21. The minimum atomic E-state index is -0.559. The van der Waals surface area contributed by atoms with E-state index >= 15 is 0 Å². The van der Waals surface area contributed by atoms with Gasteiger partial charge in [-0.05, 0) is 36.6 Å². The fraction of sp³-hybridized carbons (Fsp3) is 0.409. The molecular formula is C22H28F2N4O. The number of nitrogens with zero attached hydrogens (tertiary/aromatic N) is 2. The van der Waals surface area contributed by atoms with Gasteiger partial charge in [0.15, 0.2) is 5.96 Å². The first kappa shape index (κ1) is 21.0. The number of guanidine groups is 1. The first-order valence-corrected chi connectivity index (χ1v) is 9.90. The Morgan fingerprint density at radius 3 is 2.79 bits per heavy atom. The summed E-state index contributed by atoms with van der Waals surface area (Å²) in [5, 5.41) is 6.70. The molecule has 0 saturated carbocycles. The van der Waals surface area contributed by atoms with E-state index in [0.717, 1.165) is 36.1 Å². The van der Waals surface area contributed by atoms with Crippen LogP contribution in [0.3, 0.4) is 0 Å². The average molecular weight is 402 g/mol. The third-order valence-corrected chi connectivity index (χ3v) is 4.85. The van der Waals surface area contributed by atoms with Gasteiger partial charge < -0.3 is 20.3 Å². The van der Waals surface area contributed by atoms with E-state index in [2.05, 4.69) is 21.7 Å². The predicted molar refractivity (Wildman–Crippen MR) is 112 cm³/mol. The van der Waals surface area contributed by atoms with Crippen molar-refractivity contribution in [3.05, 3.63) is 65.2 Å². The van der Waals surface area contributed by atoms with Gasteiger partial charge in [0.05, 0.1) is 18.8 Å². The second-order valence-corrected chi connectivity index (χ2v) is 7.12. The molecule has 0 bridgehead atoms. The zero-order chi connectivity index (χ0) is 20.6. The van der Waals surface area contributed by atoms with Crippen LogP contribution in [0.4, 0.5) is 14.5 Å². The van der Waals surface area contributed by atoms with E-state index in [9.17, 15) is 8.78 Å². The normalized spacial score (nSPS) is 16.9. The first-order chi connectivity index (χ1) is 14.1. The van der Waals surface area contributed by atoms with Crippen molar-refractivity contribution in [2.75, 3.05) is 31.6 Å². The molecule has 29 heavy (non-hydrogen) atoms. The van der Waals surface area contributed by atoms with E-state index in [1.807, 2.05) is 30.0 Å². The molecule has 1 unspecified atom stereocenters. The maximum absolute atomic E-state index is 14.1. The third-order valence-electron chi connectivity index (χ3n) is 4.85. The van der Waals surface area contributed by atoms with Gasteiger partial charge in [-0.25, -0.2) is 13.8 Å². The lowest BCUT2D eigenvalue weighted by molar-refractivity contribution is 0.185. The summed E-state index contributed by atoms with van der Waals surface area (Å²) in [5.74, 6) is -0.352. The van der Waals surface area contributed by atoms with Crippen LogP contribution in [-0.4, -0.2) is 38.7 Å². The fourth-order valence-electron chi connectivity index (χ4n) is 3.50. The summed E-state index contributed by atoms with van der Waals surface area (Å²) in [4.78, 5) is 6.62. The maximum Gasteiger partial charge on any atom is 0.191 e. The van der Waals surface area contributed by atoms with E-state index < -0.39 is 11.6 Å². The Hall–Kier alpha value is -2.67. The van der Waals surface area contributed by atoms with E-state index in [1.54, 1.807) is 7.11 Å². The Bertz CT molecular complexity index is 843. The van der Waals surface area contributed by atoms with Crippen molar-refractivity contribution >= 4 is 11.6 Å². The predicted octanol–water partition coefficient (Wildman–Crippen LogP) is 3.45. The van der Waals surface area contributed by atoms with Crippen molar-refractivity contribution in [3.8, 4) is 0 Å². The van der Waals surface area contributed by atoms with Crippen molar-refractivity contribution in [1.82, 2.24) is 10.6 Å². The molecule has 2 aromatic carbocycles. The van der Waals surface area contributed by atoms with Crippen LogP contribution >= 0.6 is 0 Å². The van der Waals surface area contributed by atoms with Gasteiger partial charge in [-0.2, -0.15) is 0 Å². The highest BCUT2D eigenvalue weighted by molar-refractivity contribution is 5.80. The van der Waals surface area contributed by atoms with Crippen LogP contribution in [0.1, 0.15) is 24.5 Å². The highest BCUT2D eigenvalue weighted by Crippen LogP contribution is 2.24. The van der Waals surface area contributed by atoms with E-state index in [4.69, 9.17) is 4.74 Å². The number of nitrogens with one attached hydrogen (secondary N) is 2. The summed E-state index contributed by atoms with van der Waals surface area (Å²) >= 11 is 0. The molecule has 1 aliphatic heterocycles. The number of aliphatic imine (C=N–C) groups is 1. The van der Waals surface area contributed by atoms with Crippen LogP contribution in [0.25, 0.3) is 0 Å². The second kappa shape index (κ2) is 10.2. The van der Waals surface area contributed by atoms with Crippen LogP contribution in [0.15, 0.2) is 47.5 Å². The van der Waals surface area contributed by atoms with Crippen molar-refractivity contribution in [2.45, 2.75) is 32.5 Å². The lowest BCUT2D eigenvalue weighted by atomic mass is 10.1. The highest BCUT2D eigenvalue weighted by Gasteiger charge is 2.25. The average Bonchev–Trinajstić information content (AvgIpc) is 3.15. The molecule has 5 nitrogen and oxygen atoms in total. The molecular weight excluding hydrogens is 374 g/mol. The zero-order valence-corrected chi connectivity index (χ0v) is 16.9. The van der Waals surface area contributed by atoms with Crippen LogP contribution in [0, 0.1) is 11.6 Å². The van der Waals surface area contributed by atoms with E-state index in [-0.39, 0.29) is 6.04 Å². The Morgan fingerprint density at radius 2 is 2.03 bits per heavy atom. The minimum absolute atomic E-state index is 0.136. The molecule has 0 aromatic heterocycles. The van der Waals surface area contributed by atoms with Crippen LogP contribution < -0.4 is 15.5 Å². The molecule has 1 atom stereocenters. The number of hydrogen-bond donors (Lipinski definition) is 2. The number of hydrogen-bond acceptors (Lipinski definition) is 3. The molecule has 2 aromatic rings. The number of methoxy groups -OCH3 is 1. The Balaban J connectivity index is 1.61. The molecule has 2 N–H and O–H groups in total. The third kappa shape index (κ3) is 5.90. The summed E-state index contributed by atoms with van der Waals surface area (Å²) in [5.41, 5.74) is 2.66. The molecule has 1 saturated heterocycles. The highest BCUT2D eigenvalue weighted by atomic mass is 19.1. The molecule has 0 aliphatic carbocycles. The molecule has 156 valence electrons. The first-order valence-electron chi connectivity index (χ1n) is 9.90. The van der Waals surface area contributed by atoms with Gasteiger partial charge in [0.1, 0.15) is 11.6 Å². The van der Waals surface area contributed by atoms with Gasteiger partial charge >= 0.3 is 0 Å². The monoisotopic (exact) mass is 402 g/mol. The number of rotatable bonds is 7. The molecule has 1 aliphatic rings. The largest absolute Gasteiger partial charge is 0.380 e. The fourth-order valence-corrected chi connectivity index (χ4v) is 3.50.